The van der Waals surface area contributed by atoms with E-state index in [1.54, 1.807) is 24.3 Å². The first-order valence-corrected chi connectivity index (χ1v) is 8.13. The van der Waals surface area contributed by atoms with Crippen molar-refractivity contribution >= 4 is 15.8 Å². The molecule has 0 N–H and O–H groups in total. The zero-order chi connectivity index (χ0) is 15.0. The van der Waals surface area contributed by atoms with Gasteiger partial charge >= 0.3 is 5.97 Å². The Balaban J connectivity index is 2.78. The molecule has 0 radical (unpaired) electrons. The van der Waals surface area contributed by atoms with Crippen LogP contribution in [0.15, 0.2) is 24.3 Å². The van der Waals surface area contributed by atoms with Gasteiger partial charge in [-0.15, -0.1) is 0 Å². The fourth-order valence-electron chi connectivity index (χ4n) is 1.83. The molecule has 112 valence electrons. The van der Waals surface area contributed by atoms with E-state index < -0.39 is 9.84 Å². The van der Waals surface area contributed by atoms with Gasteiger partial charge in [0.1, 0.15) is 0 Å². The van der Waals surface area contributed by atoms with Gasteiger partial charge in [0.15, 0.2) is 9.84 Å². The molecule has 0 aliphatic heterocycles. The normalized spacial score (nSPS) is 11.3. The van der Waals surface area contributed by atoms with Crippen molar-refractivity contribution < 1.29 is 22.7 Å². The van der Waals surface area contributed by atoms with E-state index >= 15 is 0 Å². The fraction of sp³-hybridized carbons (Fsp3) is 0.500. The Bertz CT molecular complexity index is 536. The largest absolute Gasteiger partial charge is 0.469 e. The number of carbonyl (C=O) groups excluding carboxylic acids is 1. The van der Waals surface area contributed by atoms with Crippen LogP contribution in [0.2, 0.25) is 0 Å². The van der Waals surface area contributed by atoms with Crippen molar-refractivity contribution in [2.75, 3.05) is 26.6 Å². The minimum atomic E-state index is -3.20. The third kappa shape index (κ3) is 5.71. The molecule has 0 unspecified atom stereocenters. The highest BCUT2D eigenvalue weighted by Gasteiger charge is 2.15. The molecular weight excluding hydrogens is 280 g/mol. The molecule has 0 saturated carbocycles. The summed E-state index contributed by atoms with van der Waals surface area (Å²) < 4.78 is 33.5. The lowest BCUT2D eigenvalue weighted by Gasteiger charge is -2.09. The summed E-state index contributed by atoms with van der Waals surface area (Å²) in [4.78, 5) is 11.3. The van der Waals surface area contributed by atoms with E-state index in [0.717, 1.165) is 0 Å². The molecule has 0 aliphatic carbocycles. The molecule has 0 amide bonds. The summed E-state index contributed by atoms with van der Waals surface area (Å²) in [6.45, 7) is 0.420. The molecule has 0 aliphatic rings. The van der Waals surface area contributed by atoms with Crippen molar-refractivity contribution in [3.05, 3.63) is 35.4 Å². The Kier molecular flexibility index (Phi) is 6.67. The van der Waals surface area contributed by atoms with Crippen molar-refractivity contribution in [2.45, 2.75) is 18.6 Å². The molecule has 0 atom stereocenters. The summed E-state index contributed by atoms with van der Waals surface area (Å²) in [5.41, 5.74) is 1.34. The molecule has 0 saturated heterocycles. The zero-order valence-corrected chi connectivity index (χ0v) is 12.6. The molecule has 1 aromatic rings. The van der Waals surface area contributed by atoms with Crippen molar-refractivity contribution in [1.29, 1.82) is 0 Å². The Morgan fingerprint density at radius 3 is 2.40 bits per heavy atom. The fourth-order valence-corrected chi connectivity index (χ4v) is 3.29. The number of hydrogen-bond donors (Lipinski definition) is 0. The molecule has 5 nitrogen and oxygen atoms in total. The average Bonchev–Trinajstić information content (AvgIpc) is 2.40. The van der Waals surface area contributed by atoms with Crippen LogP contribution in [0.1, 0.15) is 17.5 Å². The molecule has 0 heterocycles. The van der Waals surface area contributed by atoms with Gasteiger partial charge in [-0.25, -0.2) is 8.42 Å². The summed E-state index contributed by atoms with van der Waals surface area (Å²) in [5.74, 6) is -0.369. The van der Waals surface area contributed by atoms with E-state index in [2.05, 4.69) is 4.74 Å². The van der Waals surface area contributed by atoms with E-state index in [1.165, 1.54) is 14.2 Å². The first kappa shape index (κ1) is 16.7. The van der Waals surface area contributed by atoms with Gasteiger partial charge in [-0.2, -0.15) is 0 Å². The van der Waals surface area contributed by atoms with Crippen LogP contribution < -0.4 is 0 Å². The van der Waals surface area contributed by atoms with Crippen molar-refractivity contribution in [3.8, 4) is 0 Å². The molecule has 20 heavy (non-hydrogen) atoms. The number of sulfone groups is 1. The summed E-state index contributed by atoms with van der Waals surface area (Å²) in [6.07, 6.45) is 0.554. The first-order valence-electron chi connectivity index (χ1n) is 6.31. The second kappa shape index (κ2) is 8.01. The lowest BCUT2D eigenvalue weighted by Crippen LogP contribution is -2.14. The molecule has 0 bridgehead atoms. The van der Waals surface area contributed by atoms with Crippen LogP contribution in [-0.4, -0.2) is 41.0 Å². The summed E-state index contributed by atoms with van der Waals surface area (Å²) >= 11 is 0. The van der Waals surface area contributed by atoms with Gasteiger partial charge in [-0.05, 0) is 17.5 Å². The van der Waals surface area contributed by atoms with Crippen LogP contribution in [0.3, 0.4) is 0 Å². The predicted molar refractivity (Wildman–Crippen MR) is 76.1 cm³/mol. The first-order chi connectivity index (χ1) is 9.48. The summed E-state index contributed by atoms with van der Waals surface area (Å²) in [5, 5.41) is 0. The van der Waals surface area contributed by atoms with Crippen LogP contribution in [0, 0.1) is 0 Å². The molecule has 0 spiro atoms. The standard InChI is InChI=1S/C14H20O5S/c1-18-8-5-9-20(16,17)11-13-7-4-3-6-12(13)10-14(15)19-2/h3-4,6-7H,5,8-11H2,1-2H3. The quantitative estimate of drug-likeness (QED) is 0.535. The Hall–Kier alpha value is -1.40. The van der Waals surface area contributed by atoms with Gasteiger partial charge in [-0.1, -0.05) is 24.3 Å². The number of ether oxygens (including phenoxy) is 2. The third-order valence-electron chi connectivity index (χ3n) is 2.86. The maximum atomic E-state index is 12.0. The minimum Gasteiger partial charge on any atom is -0.469 e. The smallest absolute Gasteiger partial charge is 0.309 e. The molecule has 6 heteroatoms. The number of benzene rings is 1. The molecule has 0 aromatic heterocycles. The van der Waals surface area contributed by atoms with E-state index in [-0.39, 0.29) is 23.9 Å². The van der Waals surface area contributed by atoms with Crippen LogP contribution in [-0.2, 0) is 36.3 Å². The summed E-state index contributed by atoms with van der Waals surface area (Å²) in [7, 11) is -0.352. The van der Waals surface area contributed by atoms with Crippen LogP contribution in [0.5, 0.6) is 0 Å². The monoisotopic (exact) mass is 300 g/mol. The lowest BCUT2D eigenvalue weighted by molar-refractivity contribution is -0.139. The predicted octanol–water partition coefficient (Wildman–Crippen LogP) is 1.35. The van der Waals surface area contributed by atoms with E-state index in [1.807, 2.05) is 0 Å². The topological polar surface area (TPSA) is 69.7 Å². The van der Waals surface area contributed by atoms with Crippen molar-refractivity contribution in [2.24, 2.45) is 0 Å². The van der Waals surface area contributed by atoms with Crippen molar-refractivity contribution in [3.63, 3.8) is 0 Å². The van der Waals surface area contributed by atoms with Crippen LogP contribution >= 0.6 is 0 Å². The van der Waals surface area contributed by atoms with E-state index in [0.29, 0.717) is 24.2 Å². The van der Waals surface area contributed by atoms with Gasteiger partial charge in [-0.3, -0.25) is 4.79 Å². The van der Waals surface area contributed by atoms with Gasteiger partial charge in [0.25, 0.3) is 0 Å². The highest BCUT2D eigenvalue weighted by Crippen LogP contribution is 2.15. The van der Waals surface area contributed by atoms with Gasteiger partial charge in [0.05, 0.1) is 25.0 Å². The molecule has 0 fully saturated rings. The van der Waals surface area contributed by atoms with E-state index in [9.17, 15) is 13.2 Å². The average molecular weight is 300 g/mol. The number of methoxy groups -OCH3 is 2. The maximum absolute atomic E-state index is 12.0. The minimum absolute atomic E-state index is 0.0656. The number of carbonyl (C=O) groups is 1. The van der Waals surface area contributed by atoms with Crippen LogP contribution in [0.4, 0.5) is 0 Å². The lowest BCUT2D eigenvalue weighted by atomic mass is 10.1. The van der Waals surface area contributed by atoms with Gasteiger partial charge < -0.3 is 9.47 Å². The SMILES string of the molecule is COCCCS(=O)(=O)Cc1ccccc1CC(=O)OC. The van der Waals surface area contributed by atoms with Gasteiger partial charge in [0.2, 0.25) is 0 Å². The Morgan fingerprint density at radius 1 is 1.15 bits per heavy atom. The zero-order valence-electron chi connectivity index (χ0n) is 11.8. The number of hydrogen-bond acceptors (Lipinski definition) is 5. The second-order valence-corrected chi connectivity index (χ2v) is 6.64. The van der Waals surface area contributed by atoms with Gasteiger partial charge in [0, 0.05) is 13.7 Å². The number of esters is 1. The second-order valence-electron chi connectivity index (χ2n) is 4.46. The van der Waals surface area contributed by atoms with Crippen LogP contribution in [0.25, 0.3) is 0 Å². The number of rotatable bonds is 8. The highest BCUT2D eigenvalue weighted by atomic mass is 32.2. The maximum Gasteiger partial charge on any atom is 0.309 e. The molecule has 1 rings (SSSR count). The highest BCUT2D eigenvalue weighted by molar-refractivity contribution is 7.90. The summed E-state index contributed by atoms with van der Waals surface area (Å²) in [6, 6.07) is 7.02. The van der Waals surface area contributed by atoms with E-state index in [4.69, 9.17) is 4.74 Å². The Morgan fingerprint density at radius 2 is 1.80 bits per heavy atom. The third-order valence-corrected chi connectivity index (χ3v) is 4.52. The van der Waals surface area contributed by atoms with Crippen molar-refractivity contribution in [1.82, 2.24) is 0 Å². The molecule has 1 aromatic carbocycles. The Labute approximate surface area is 119 Å². The molecular formula is C14H20O5S.